The van der Waals surface area contributed by atoms with Crippen molar-refractivity contribution >= 4 is 5.97 Å². The average Bonchev–Trinajstić information content (AvgIpc) is 2.31. The first-order valence-corrected chi connectivity index (χ1v) is 5.29. The summed E-state index contributed by atoms with van der Waals surface area (Å²) in [5.41, 5.74) is -2.54. The first-order valence-electron chi connectivity index (χ1n) is 5.29. The van der Waals surface area contributed by atoms with Gasteiger partial charge >= 0.3 is 5.97 Å². The van der Waals surface area contributed by atoms with Crippen molar-refractivity contribution in [2.45, 2.75) is 25.6 Å². The van der Waals surface area contributed by atoms with Crippen LogP contribution in [0.5, 0.6) is 0 Å². The molecule has 1 aromatic carbocycles. The normalized spacial score (nSPS) is 15.9. The molecule has 1 aromatic rings. The molecule has 0 saturated carbocycles. The summed E-state index contributed by atoms with van der Waals surface area (Å²) in [7, 11) is 0. The van der Waals surface area contributed by atoms with Crippen molar-refractivity contribution in [3.63, 3.8) is 0 Å². The van der Waals surface area contributed by atoms with Crippen molar-refractivity contribution < 1.29 is 27.8 Å². The van der Waals surface area contributed by atoms with Gasteiger partial charge in [-0.3, -0.25) is 0 Å². The Balaban J connectivity index is 3.04. The van der Waals surface area contributed by atoms with E-state index in [9.17, 15) is 23.1 Å². The molecule has 0 amide bonds. The molecule has 0 radical (unpaired) electrons. The van der Waals surface area contributed by atoms with E-state index in [-0.39, 0.29) is 12.2 Å². The van der Waals surface area contributed by atoms with E-state index in [0.717, 1.165) is 19.1 Å². The van der Waals surface area contributed by atoms with Gasteiger partial charge in [0, 0.05) is 0 Å². The highest BCUT2D eigenvalue weighted by molar-refractivity contribution is 5.76. The van der Waals surface area contributed by atoms with Crippen molar-refractivity contribution in [3.05, 3.63) is 35.4 Å². The zero-order valence-electron chi connectivity index (χ0n) is 9.91. The van der Waals surface area contributed by atoms with Crippen LogP contribution in [-0.4, -0.2) is 23.9 Å². The Labute approximate surface area is 102 Å². The molecule has 0 fully saturated rings. The Morgan fingerprint density at radius 2 is 2.06 bits per heavy atom. The molecule has 0 bridgehead atoms. The smallest absolute Gasteiger partial charge is 0.344 e. The van der Waals surface area contributed by atoms with Gasteiger partial charge in [0.2, 0.25) is 6.17 Å². The van der Waals surface area contributed by atoms with E-state index in [2.05, 4.69) is 4.74 Å². The molecule has 100 valence electrons. The Kier molecular flexibility index (Phi) is 4.34. The first kappa shape index (κ1) is 14.5. The van der Waals surface area contributed by atoms with Crippen LogP contribution in [0, 0.1) is 11.6 Å². The number of hydrogen-bond donors (Lipinski definition) is 1. The summed E-state index contributed by atoms with van der Waals surface area (Å²) < 4.78 is 43.9. The molecule has 0 aliphatic rings. The Bertz CT molecular complexity index is 446. The number of halogens is 3. The lowest BCUT2D eigenvalue weighted by atomic mass is 9.91. The summed E-state index contributed by atoms with van der Waals surface area (Å²) in [5, 5.41) is 9.90. The highest BCUT2D eigenvalue weighted by Crippen LogP contribution is 2.28. The molecule has 3 nitrogen and oxygen atoms in total. The average molecular weight is 262 g/mol. The number of aliphatic hydroxyl groups is 1. The third-order valence-electron chi connectivity index (χ3n) is 2.49. The van der Waals surface area contributed by atoms with Crippen LogP contribution in [0.3, 0.4) is 0 Å². The van der Waals surface area contributed by atoms with Crippen LogP contribution in [0.2, 0.25) is 0 Å². The predicted octanol–water partition coefficient (Wildman–Crippen LogP) is 2.07. The van der Waals surface area contributed by atoms with Gasteiger partial charge in [-0.05, 0) is 31.5 Å². The van der Waals surface area contributed by atoms with Gasteiger partial charge in [0.05, 0.1) is 6.61 Å². The predicted molar refractivity (Wildman–Crippen MR) is 57.5 cm³/mol. The fourth-order valence-corrected chi connectivity index (χ4v) is 1.40. The highest BCUT2D eigenvalue weighted by Gasteiger charge is 2.40. The van der Waals surface area contributed by atoms with Crippen LogP contribution in [0.4, 0.5) is 13.2 Å². The van der Waals surface area contributed by atoms with Crippen molar-refractivity contribution in [1.82, 2.24) is 0 Å². The van der Waals surface area contributed by atoms with E-state index in [1.54, 1.807) is 0 Å². The maximum atomic E-state index is 13.7. The summed E-state index contributed by atoms with van der Waals surface area (Å²) in [4.78, 5) is 11.2. The lowest BCUT2D eigenvalue weighted by Gasteiger charge is -2.26. The van der Waals surface area contributed by atoms with Gasteiger partial charge in [-0.25, -0.2) is 18.0 Å². The van der Waals surface area contributed by atoms with Crippen LogP contribution in [-0.2, 0) is 15.1 Å². The highest BCUT2D eigenvalue weighted by atomic mass is 19.2. The van der Waals surface area contributed by atoms with Crippen molar-refractivity contribution in [1.29, 1.82) is 0 Å². The topological polar surface area (TPSA) is 46.5 Å². The van der Waals surface area contributed by atoms with Crippen LogP contribution in [0.15, 0.2) is 18.2 Å². The fourth-order valence-electron chi connectivity index (χ4n) is 1.40. The van der Waals surface area contributed by atoms with Crippen LogP contribution in [0.1, 0.15) is 19.4 Å². The minimum atomic E-state index is -2.39. The van der Waals surface area contributed by atoms with Crippen LogP contribution in [0.25, 0.3) is 0 Å². The molecular weight excluding hydrogens is 249 g/mol. The van der Waals surface area contributed by atoms with Crippen molar-refractivity contribution in [2.24, 2.45) is 0 Å². The number of benzene rings is 1. The van der Waals surface area contributed by atoms with Gasteiger partial charge in [-0.15, -0.1) is 0 Å². The molecule has 1 rings (SSSR count). The lowest BCUT2D eigenvalue weighted by molar-refractivity contribution is -0.160. The van der Waals surface area contributed by atoms with Gasteiger partial charge < -0.3 is 9.84 Å². The third kappa shape index (κ3) is 2.81. The van der Waals surface area contributed by atoms with E-state index in [4.69, 9.17) is 0 Å². The van der Waals surface area contributed by atoms with Gasteiger partial charge in [0.1, 0.15) is 5.60 Å². The quantitative estimate of drug-likeness (QED) is 0.845. The summed E-state index contributed by atoms with van der Waals surface area (Å²) in [5.74, 6) is -3.61. The Morgan fingerprint density at radius 1 is 1.44 bits per heavy atom. The van der Waals surface area contributed by atoms with Crippen molar-refractivity contribution in [3.8, 4) is 0 Å². The fraction of sp³-hybridized carbons (Fsp3) is 0.417. The largest absolute Gasteiger partial charge is 0.464 e. The zero-order valence-corrected chi connectivity index (χ0v) is 9.91. The zero-order chi connectivity index (χ0) is 13.9. The third-order valence-corrected chi connectivity index (χ3v) is 2.49. The molecule has 2 atom stereocenters. The molecule has 0 heterocycles. The molecule has 0 aliphatic carbocycles. The van der Waals surface area contributed by atoms with Gasteiger partial charge in [0.15, 0.2) is 11.6 Å². The van der Waals surface area contributed by atoms with E-state index < -0.39 is 29.4 Å². The standard InChI is InChI=1S/C12H13F3O3/c1-3-18-11(16)10(15)12(2,17)7-4-5-8(13)9(14)6-7/h4-6,10,17H,3H2,1-2H3. The second kappa shape index (κ2) is 5.39. The van der Waals surface area contributed by atoms with Gasteiger partial charge in [-0.1, -0.05) is 6.07 Å². The Morgan fingerprint density at radius 3 is 2.56 bits per heavy atom. The molecule has 0 saturated heterocycles. The molecule has 0 aliphatic heterocycles. The number of rotatable bonds is 4. The molecular formula is C12H13F3O3. The first-order chi connectivity index (χ1) is 8.30. The van der Waals surface area contributed by atoms with E-state index in [0.29, 0.717) is 6.07 Å². The summed E-state index contributed by atoms with van der Waals surface area (Å²) in [6.45, 7) is 2.42. The number of hydrogen-bond acceptors (Lipinski definition) is 3. The summed E-state index contributed by atoms with van der Waals surface area (Å²) >= 11 is 0. The van der Waals surface area contributed by atoms with Crippen molar-refractivity contribution in [2.75, 3.05) is 6.61 Å². The number of ether oxygens (including phenoxy) is 1. The maximum absolute atomic E-state index is 13.7. The lowest BCUT2D eigenvalue weighted by Crippen LogP contribution is -2.40. The van der Waals surface area contributed by atoms with Gasteiger partial charge in [0.25, 0.3) is 0 Å². The Hall–Kier alpha value is -1.56. The van der Waals surface area contributed by atoms with E-state index in [1.807, 2.05) is 0 Å². The molecule has 2 unspecified atom stereocenters. The minimum Gasteiger partial charge on any atom is -0.464 e. The monoisotopic (exact) mass is 262 g/mol. The number of carbonyl (C=O) groups excluding carboxylic acids is 1. The maximum Gasteiger partial charge on any atom is 0.344 e. The van der Waals surface area contributed by atoms with E-state index in [1.165, 1.54) is 6.92 Å². The van der Waals surface area contributed by atoms with E-state index >= 15 is 0 Å². The molecule has 6 heteroatoms. The van der Waals surface area contributed by atoms with Crippen LogP contribution < -0.4 is 0 Å². The SMILES string of the molecule is CCOC(=O)C(F)C(C)(O)c1ccc(F)c(F)c1. The second-order valence-electron chi connectivity index (χ2n) is 3.89. The number of carbonyl (C=O) groups is 1. The molecule has 1 N–H and O–H groups in total. The number of esters is 1. The minimum absolute atomic E-state index is 0.0485. The van der Waals surface area contributed by atoms with Gasteiger partial charge in [-0.2, -0.15) is 0 Å². The summed E-state index contributed by atoms with van der Waals surface area (Å²) in [6, 6.07) is 2.39. The molecule has 0 aromatic heterocycles. The summed E-state index contributed by atoms with van der Waals surface area (Å²) in [6.07, 6.45) is -2.39. The molecule has 18 heavy (non-hydrogen) atoms. The van der Waals surface area contributed by atoms with Crippen LogP contribution >= 0.6 is 0 Å². The second-order valence-corrected chi connectivity index (χ2v) is 3.89. The number of alkyl halides is 1. The molecule has 0 spiro atoms.